The molecule has 2 aliphatic rings. The molecule has 17 heavy (non-hydrogen) atoms. The summed E-state index contributed by atoms with van der Waals surface area (Å²) in [7, 11) is 0.807. The van der Waals surface area contributed by atoms with Crippen LogP contribution in [-0.4, -0.2) is 21.1 Å². The Hall–Kier alpha value is -2.14. The van der Waals surface area contributed by atoms with Gasteiger partial charge in [-0.1, -0.05) is 11.3 Å². The minimum Gasteiger partial charge on any atom is -0.398 e. The number of nitrogens with one attached hydrogen (secondary N) is 1. The molecule has 1 amide bonds. The number of benzene rings is 1. The lowest BCUT2D eigenvalue weighted by Gasteiger charge is -2.18. The lowest BCUT2D eigenvalue weighted by molar-refractivity contribution is 0.102. The third-order valence-electron chi connectivity index (χ3n) is 2.97. The molecule has 2 bridgehead atoms. The molecule has 84 valence electrons. The summed E-state index contributed by atoms with van der Waals surface area (Å²) in [6.45, 7) is 0. The molecule has 0 fully saturated rings. The van der Waals surface area contributed by atoms with Crippen LogP contribution in [0.2, 0.25) is 0 Å². The summed E-state index contributed by atoms with van der Waals surface area (Å²) < 4.78 is 0. The van der Waals surface area contributed by atoms with Gasteiger partial charge in [0.15, 0.2) is 0 Å². The Balaban J connectivity index is 2.43. The quantitative estimate of drug-likeness (QED) is 0.499. The highest BCUT2D eigenvalue weighted by Crippen LogP contribution is 2.31. The Labute approximate surface area is 101 Å². The van der Waals surface area contributed by atoms with Gasteiger partial charge in [-0.3, -0.25) is 4.79 Å². The lowest BCUT2D eigenvalue weighted by Crippen LogP contribution is -2.25. The molecule has 0 unspecified atom stereocenters. The summed E-state index contributed by atoms with van der Waals surface area (Å²) >= 11 is 0. The van der Waals surface area contributed by atoms with Gasteiger partial charge in [-0.05, 0) is 18.2 Å². The molecule has 1 aromatic heterocycles. The number of fused-ring (bicyclic) bond motifs is 3. The third-order valence-corrected chi connectivity index (χ3v) is 3.80. The zero-order valence-corrected chi connectivity index (χ0v) is 11.3. The molecule has 1 aromatic carbocycles. The van der Waals surface area contributed by atoms with E-state index in [4.69, 9.17) is 5.73 Å². The molecule has 5 heteroatoms. The van der Waals surface area contributed by atoms with E-state index >= 15 is 0 Å². The van der Waals surface area contributed by atoms with Crippen LogP contribution in [0.4, 0.5) is 11.5 Å². The van der Waals surface area contributed by atoms with E-state index in [-0.39, 0.29) is 5.91 Å². The van der Waals surface area contributed by atoms with Crippen molar-refractivity contribution in [2.24, 2.45) is 0 Å². The van der Waals surface area contributed by atoms with E-state index in [1.807, 2.05) is 18.2 Å². The molecule has 2 aliphatic heterocycles. The van der Waals surface area contributed by atoms with Crippen molar-refractivity contribution >= 4 is 32.8 Å². The molecule has 2 aromatic rings. The van der Waals surface area contributed by atoms with Crippen LogP contribution in [0.3, 0.4) is 0 Å². The van der Waals surface area contributed by atoms with E-state index in [2.05, 4.69) is 10.3 Å². The maximum atomic E-state index is 12.1. The number of rotatable bonds is 0. The Kier molecular flexibility index (Phi) is 2.02. The molecule has 0 saturated carbocycles. The lowest BCUT2D eigenvalue weighted by atomic mass is 9.97. The summed E-state index contributed by atoms with van der Waals surface area (Å²) in [6, 6.07) is 7.48. The van der Waals surface area contributed by atoms with Crippen LogP contribution in [-0.2, 0) is 0 Å². The number of nitrogens with zero attached hydrogens (tertiary/aromatic N) is 1. The largest absolute Gasteiger partial charge is 0.398 e. The Morgan fingerprint density at radius 3 is 2.71 bits per heavy atom. The van der Waals surface area contributed by atoms with Crippen LogP contribution in [0, 0.1) is 0 Å². The maximum Gasteiger partial charge on any atom is 0.257 e. The molecule has 0 spiro atoms. The maximum absolute atomic E-state index is 12.1. The predicted molar refractivity (Wildman–Crippen MR) is 71.6 cm³/mol. The molecule has 4 nitrogen and oxygen atoms in total. The van der Waals surface area contributed by atoms with Crippen molar-refractivity contribution in [3.8, 4) is 11.1 Å². The average molecular weight is 241 g/mol. The fourth-order valence-electron chi connectivity index (χ4n) is 2.12. The second kappa shape index (κ2) is 3.43. The van der Waals surface area contributed by atoms with Crippen LogP contribution >= 0.6 is 0 Å². The van der Waals surface area contributed by atoms with E-state index in [1.54, 1.807) is 12.3 Å². The van der Waals surface area contributed by atoms with Crippen molar-refractivity contribution in [1.29, 1.82) is 0 Å². The highest BCUT2D eigenvalue weighted by atomic mass is 28.1. The van der Waals surface area contributed by atoms with Crippen LogP contribution in [0.25, 0.3) is 11.1 Å². The number of hydrogen-bond donors (Lipinski definition) is 2. The monoisotopic (exact) mass is 241 g/mol. The first-order valence-corrected chi connectivity index (χ1v) is 6.33. The van der Waals surface area contributed by atoms with Gasteiger partial charge in [0.05, 0.1) is 0 Å². The number of pyridine rings is 1. The van der Waals surface area contributed by atoms with Gasteiger partial charge in [0, 0.05) is 38.8 Å². The van der Waals surface area contributed by atoms with Gasteiger partial charge < -0.3 is 11.1 Å². The summed E-state index contributed by atoms with van der Waals surface area (Å²) in [5.41, 5.74) is 9.00. The zero-order valence-electron chi connectivity index (χ0n) is 9.32. The van der Waals surface area contributed by atoms with Gasteiger partial charge in [0.2, 0.25) is 0 Å². The molecular formula is C12H11N3OSi. The SMILES string of the molecule is Nc1ccc([SiH3])c2c1-c1ccc(nc1)NC2=O. The second-order valence-corrected chi connectivity index (χ2v) is 5.19. The van der Waals surface area contributed by atoms with Crippen molar-refractivity contribution in [3.63, 3.8) is 0 Å². The number of carbonyl (C=O) groups is 1. The number of anilines is 2. The molecule has 0 aliphatic carbocycles. The number of nitrogens with two attached hydrogens (primary N) is 1. The molecule has 4 rings (SSSR count). The number of amides is 1. The number of aromatic nitrogens is 1. The summed E-state index contributed by atoms with van der Waals surface area (Å²) in [5, 5.41) is 3.83. The number of nitrogen functional groups attached to an aromatic ring is 1. The van der Waals surface area contributed by atoms with Crippen molar-refractivity contribution < 1.29 is 4.79 Å². The minimum atomic E-state index is -0.119. The number of hydrogen-bond acceptors (Lipinski definition) is 3. The van der Waals surface area contributed by atoms with Gasteiger partial charge in [0.25, 0.3) is 5.91 Å². The molecule has 0 saturated heterocycles. The Morgan fingerprint density at radius 2 is 2.00 bits per heavy atom. The third kappa shape index (κ3) is 1.43. The van der Waals surface area contributed by atoms with Gasteiger partial charge >= 0.3 is 0 Å². The summed E-state index contributed by atoms with van der Waals surface area (Å²) in [6.07, 6.45) is 1.74. The fraction of sp³-hybridized carbons (Fsp3) is 0. The highest BCUT2D eigenvalue weighted by Gasteiger charge is 2.21. The second-order valence-electron chi connectivity index (χ2n) is 4.11. The first-order valence-electron chi connectivity index (χ1n) is 5.33. The summed E-state index contributed by atoms with van der Waals surface area (Å²) in [4.78, 5) is 16.3. The number of carbonyl (C=O) groups excluding carboxylic acids is 1. The first-order chi connectivity index (χ1) is 8.16. The van der Waals surface area contributed by atoms with E-state index in [1.165, 1.54) is 0 Å². The Bertz CT molecular complexity index is 622. The van der Waals surface area contributed by atoms with Crippen molar-refractivity contribution in [2.75, 3.05) is 11.1 Å². The van der Waals surface area contributed by atoms with Gasteiger partial charge in [-0.2, -0.15) is 0 Å². The first kappa shape index (κ1) is 10.0. The van der Waals surface area contributed by atoms with Crippen LogP contribution in [0.5, 0.6) is 0 Å². The average Bonchev–Trinajstić information content (AvgIpc) is 2.30. The van der Waals surface area contributed by atoms with Gasteiger partial charge in [-0.15, -0.1) is 0 Å². The van der Waals surface area contributed by atoms with E-state index < -0.39 is 0 Å². The van der Waals surface area contributed by atoms with Gasteiger partial charge in [-0.25, -0.2) is 4.98 Å². The standard InChI is InChI=1S/C12H11N3OSi/c13-7-2-3-8(17)11-10(7)6-1-4-9(14-5-6)15-12(11)16/h1-5H,13H2,17H3,(H,14,15,16). The van der Waals surface area contributed by atoms with Crippen molar-refractivity contribution in [3.05, 3.63) is 36.0 Å². The normalized spacial score (nSPS) is 12.8. The van der Waals surface area contributed by atoms with E-state index in [0.717, 1.165) is 26.6 Å². The van der Waals surface area contributed by atoms with Crippen molar-refractivity contribution in [1.82, 2.24) is 4.98 Å². The predicted octanol–water partition coefficient (Wildman–Crippen LogP) is -0.113. The fourth-order valence-corrected chi connectivity index (χ4v) is 2.76. The van der Waals surface area contributed by atoms with Gasteiger partial charge in [0.1, 0.15) is 5.82 Å². The zero-order chi connectivity index (χ0) is 12.0. The van der Waals surface area contributed by atoms with Crippen molar-refractivity contribution in [2.45, 2.75) is 0 Å². The van der Waals surface area contributed by atoms with E-state index in [9.17, 15) is 4.79 Å². The molecular weight excluding hydrogens is 230 g/mol. The smallest absolute Gasteiger partial charge is 0.257 e. The topological polar surface area (TPSA) is 68.0 Å². The highest BCUT2D eigenvalue weighted by molar-refractivity contribution is 6.38. The molecule has 3 N–H and O–H groups in total. The molecule has 0 radical (unpaired) electrons. The van der Waals surface area contributed by atoms with Crippen LogP contribution < -0.4 is 16.2 Å². The van der Waals surface area contributed by atoms with Crippen LogP contribution in [0.1, 0.15) is 10.4 Å². The summed E-state index contributed by atoms with van der Waals surface area (Å²) in [5.74, 6) is 0.457. The minimum absolute atomic E-state index is 0.119. The van der Waals surface area contributed by atoms with E-state index in [0.29, 0.717) is 17.1 Å². The van der Waals surface area contributed by atoms with Crippen LogP contribution in [0.15, 0.2) is 30.5 Å². The molecule has 3 heterocycles. The Morgan fingerprint density at radius 1 is 1.18 bits per heavy atom. The molecule has 0 atom stereocenters.